The number of hydrogen-bond acceptors (Lipinski definition) is 6. The molecule has 0 fully saturated rings. The number of thioether (sulfide) groups is 1. The number of ketones is 1. The zero-order valence-corrected chi connectivity index (χ0v) is 11.8. The summed E-state index contributed by atoms with van der Waals surface area (Å²) in [5.74, 6) is 0.232. The minimum absolute atomic E-state index is 0.168. The van der Waals surface area contributed by atoms with E-state index in [1.54, 1.807) is 23.6 Å². The molecular formula is C13H11N5OS. The fourth-order valence-corrected chi connectivity index (χ4v) is 2.20. The van der Waals surface area contributed by atoms with E-state index in [0.29, 0.717) is 27.9 Å². The first-order valence-electron chi connectivity index (χ1n) is 5.94. The van der Waals surface area contributed by atoms with Crippen LogP contribution < -0.4 is 0 Å². The highest BCUT2D eigenvalue weighted by atomic mass is 32.2. The molecule has 0 aliphatic rings. The van der Waals surface area contributed by atoms with Crippen molar-refractivity contribution in [1.29, 1.82) is 0 Å². The minimum Gasteiger partial charge on any atom is -0.287 e. The van der Waals surface area contributed by atoms with Crippen LogP contribution in [0, 0.1) is 6.92 Å². The molecule has 1 aromatic carbocycles. The summed E-state index contributed by atoms with van der Waals surface area (Å²) in [6, 6.07) is 9.00. The Balaban J connectivity index is 2.13. The monoisotopic (exact) mass is 285 g/mol. The SMILES string of the molecule is CSc1nc2nnc(C(=O)c3ccccc3)c(C)n2n1. The molecule has 0 amide bonds. The molecule has 2 aromatic heterocycles. The largest absolute Gasteiger partial charge is 0.287 e. The third-order valence-electron chi connectivity index (χ3n) is 2.90. The molecule has 0 N–H and O–H groups in total. The molecule has 0 saturated carbocycles. The van der Waals surface area contributed by atoms with Gasteiger partial charge in [0.1, 0.15) is 0 Å². The molecule has 0 bridgehead atoms. The first kappa shape index (κ1) is 12.7. The third kappa shape index (κ3) is 2.05. The molecular weight excluding hydrogens is 274 g/mol. The Kier molecular flexibility index (Phi) is 3.19. The molecule has 6 nitrogen and oxygen atoms in total. The highest BCUT2D eigenvalue weighted by molar-refractivity contribution is 7.98. The van der Waals surface area contributed by atoms with Crippen molar-refractivity contribution in [3.05, 3.63) is 47.3 Å². The fraction of sp³-hybridized carbons (Fsp3) is 0.154. The molecule has 0 aliphatic heterocycles. The molecule has 3 aromatic rings. The van der Waals surface area contributed by atoms with Crippen LogP contribution in [-0.4, -0.2) is 36.8 Å². The van der Waals surface area contributed by atoms with Gasteiger partial charge in [-0.1, -0.05) is 42.1 Å². The van der Waals surface area contributed by atoms with Crippen molar-refractivity contribution in [2.24, 2.45) is 0 Å². The van der Waals surface area contributed by atoms with E-state index in [4.69, 9.17) is 0 Å². The first-order chi connectivity index (χ1) is 9.70. The van der Waals surface area contributed by atoms with Crippen molar-refractivity contribution in [2.75, 3.05) is 6.26 Å². The van der Waals surface area contributed by atoms with Gasteiger partial charge < -0.3 is 0 Å². The summed E-state index contributed by atoms with van der Waals surface area (Å²) >= 11 is 1.42. The van der Waals surface area contributed by atoms with Gasteiger partial charge in [0.05, 0.1) is 5.69 Å². The molecule has 3 rings (SSSR count). The van der Waals surface area contributed by atoms with Gasteiger partial charge in [0, 0.05) is 5.56 Å². The number of carbonyl (C=O) groups excluding carboxylic acids is 1. The molecule has 2 heterocycles. The molecule has 7 heteroatoms. The quantitative estimate of drug-likeness (QED) is 0.539. The normalized spacial score (nSPS) is 10.9. The lowest BCUT2D eigenvalue weighted by atomic mass is 10.1. The number of hydrogen-bond donors (Lipinski definition) is 0. The van der Waals surface area contributed by atoms with Crippen LogP contribution in [0.2, 0.25) is 0 Å². The Hall–Kier alpha value is -2.28. The standard InChI is InChI=1S/C13H11N5OS/c1-8-10(11(19)9-6-4-3-5-7-9)15-16-12-14-13(20-2)17-18(8)12/h3-7H,1-2H3. The summed E-state index contributed by atoms with van der Waals surface area (Å²) in [4.78, 5) is 16.6. The topological polar surface area (TPSA) is 73.0 Å². The summed E-state index contributed by atoms with van der Waals surface area (Å²) < 4.78 is 1.55. The molecule has 0 radical (unpaired) electrons. The molecule has 0 aliphatic carbocycles. The maximum absolute atomic E-state index is 12.4. The van der Waals surface area contributed by atoms with Gasteiger partial charge >= 0.3 is 0 Å². The first-order valence-corrected chi connectivity index (χ1v) is 7.17. The van der Waals surface area contributed by atoms with Crippen molar-refractivity contribution in [1.82, 2.24) is 24.8 Å². The Bertz CT molecular complexity index is 784. The van der Waals surface area contributed by atoms with Crippen molar-refractivity contribution >= 4 is 23.3 Å². The van der Waals surface area contributed by atoms with E-state index in [-0.39, 0.29) is 5.78 Å². The molecule has 0 spiro atoms. The molecule has 0 saturated heterocycles. The zero-order valence-electron chi connectivity index (χ0n) is 10.9. The lowest BCUT2D eigenvalue weighted by Crippen LogP contribution is -2.12. The summed E-state index contributed by atoms with van der Waals surface area (Å²) in [6.07, 6.45) is 1.88. The summed E-state index contributed by atoms with van der Waals surface area (Å²) in [5.41, 5.74) is 1.51. The second-order valence-corrected chi connectivity index (χ2v) is 4.91. The van der Waals surface area contributed by atoms with Crippen LogP contribution in [0.25, 0.3) is 5.78 Å². The lowest BCUT2D eigenvalue weighted by molar-refractivity contribution is 0.103. The number of aryl methyl sites for hydroxylation is 1. The zero-order chi connectivity index (χ0) is 14.1. The van der Waals surface area contributed by atoms with Crippen LogP contribution in [0.3, 0.4) is 0 Å². The summed E-state index contributed by atoms with van der Waals surface area (Å²) in [5, 5.41) is 12.8. The van der Waals surface area contributed by atoms with Gasteiger partial charge in [-0.05, 0) is 13.2 Å². The van der Waals surface area contributed by atoms with E-state index in [9.17, 15) is 4.79 Å². The maximum atomic E-state index is 12.4. The van der Waals surface area contributed by atoms with Crippen LogP contribution >= 0.6 is 11.8 Å². The van der Waals surface area contributed by atoms with Crippen LogP contribution in [-0.2, 0) is 0 Å². The van der Waals surface area contributed by atoms with Crippen LogP contribution in [0.5, 0.6) is 0 Å². The Labute approximate surface area is 119 Å². The van der Waals surface area contributed by atoms with Gasteiger partial charge in [-0.25, -0.2) is 0 Å². The van der Waals surface area contributed by atoms with E-state index in [1.165, 1.54) is 11.8 Å². The van der Waals surface area contributed by atoms with Gasteiger partial charge in [-0.15, -0.1) is 15.3 Å². The average molecular weight is 285 g/mol. The maximum Gasteiger partial charge on any atom is 0.272 e. The predicted molar refractivity (Wildman–Crippen MR) is 75.0 cm³/mol. The third-order valence-corrected chi connectivity index (χ3v) is 3.44. The lowest BCUT2D eigenvalue weighted by Gasteiger charge is -2.03. The summed E-state index contributed by atoms with van der Waals surface area (Å²) in [7, 11) is 0. The van der Waals surface area contributed by atoms with Crippen LogP contribution in [0.15, 0.2) is 35.5 Å². The van der Waals surface area contributed by atoms with Crippen molar-refractivity contribution in [2.45, 2.75) is 12.1 Å². The second kappa shape index (κ2) is 5.01. The van der Waals surface area contributed by atoms with E-state index >= 15 is 0 Å². The van der Waals surface area contributed by atoms with E-state index in [0.717, 1.165) is 0 Å². The average Bonchev–Trinajstić information content (AvgIpc) is 2.92. The van der Waals surface area contributed by atoms with Crippen molar-refractivity contribution in [3.63, 3.8) is 0 Å². The number of benzene rings is 1. The van der Waals surface area contributed by atoms with E-state index in [1.807, 2.05) is 24.5 Å². The highest BCUT2D eigenvalue weighted by Crippen LogP contribution is 2.14. The molecule has 100 valence electrons. The fourth-order valence-electron chi connectivity index (χ4n) is 1.87. The summed E-state index contributed by atoms with van der Waals surface area (Å²) in [6.45, 7) is 1.79. The minimum atomic E-state index is -0.168. The van der Waals surface area contributed by atoms with Crippen molar-refractivity contribution in [3.8, 4) is 0 Å². The van der Waals surface area contributed by atoms with Gasteiger partial charge in [-0.2, -0.15) is 9.50 Å². The number of rotatable bonds is 3. The number of aromatic nitrogens is 5. The number of carbonyl (C=O) groups is 1. The smallest absolute Gasteiger partial charge is 0.272 e. The van der Waals surface area contributed by atoms with Gasteiger partial charge in [0.15, 0.2) is 5.69 Å². The Morgan fingerprint density at radius 2 is 1.95 bits per heavy atom. The van der Waals surface area contributed by atoms with Crippen LogP contribution in [0.1, 0.15) is 21.7 Å². The van der Waals surface area contributed by atoms with E-state index in [2.05, 4.69) is 20.3 Å². The Morgan fingerprint density at radius 3 is 2.65 bits per heavy atom. The van der Waals surface area contributed by atoms with Crippen molar-refractivity contribution < 1.29 is 4.79 Å². The van der Waals surface area contributed by atoms with E-state index < -0.39 is 0 Å². The van der Waals surface area contributed by atoms with Gasteiger partial charge in [-0.3, -0.25) is 4.79 Å². The Morgan fingerprint density at radius 1 is 1.20 bits per heavy atom. The highest BCUT2D eigenvalue weighted by Gasteiger charge is 2.18. The molecule has 0 atom stereocenters. The molecule has 0 unspecified atom stereocenters. The number of nitrogens with zero attached hydrogens (tertiary/aromatic N) is 5. The molecule has 20 heavy (non-hydrogen) atoms. The van der Waals surface area contributed by atoms with Gasteiger partial charge in [0.2, 0.25) is 10.9 Å². The van der Waals surface area contributed by atoms with Crippen LogP contribution in [0.4, 0.5) is 0 Å². The van der Waals surface area contributed by atoms with Gasteiger partial charge in [0.25, 0.3) is 5.78 Å². The number of fused-ring (bicyclic) bond motifs is 1. The second-order valence-electron chi connectivity index (χ2n) is 4.14. The predicted octanol–water partition coefficient (Wildman–Crippen LogP) is 1.78.